The summed E-state index contributed by atoms with van der Waals surface area (Å²) >= 11 is 12.6. The van der Waals surface area contributed by atoms with Crippen LogP contribution in [0.4, 0.5) is 5.82 Å². The quantitative estimate of drug-likeness (QED) is 0.733. The van der Waals surface area contributed by atoms with Crippen LogP contribution >= 0.6 is 23.2 Å². The lowest BCUT2D eigenvalue weighted by molar-refractivity contribution is 0.447. The molecule has 0 bridgehead atoms. The normalized spacial score (nSPS) is 15.8. The van der Waals surface area contributed by atoms with Gasteiger partial charge in [-0.2, -0.15) is 0 Å². The molecule has 8 heteroatoms. The first-order valence-corrected chi connectivity index (χ1v) is 9.01. The van der Waals surface area contributed by atoms with Gasteiger partial charge in [0.15, 0.2) is 17.3 Å². The number of nitrogens with zero attached hydrogens (tertiary/aromatic N) is 4. The van der Waals surface area contributed by atoms with Crippen LogP contribution < -0.4 is 11.1 Å². The van der Waals surface area contributed by atoms with Gasteiger partial charge in [0.05, 0.1) is 12.9 Å². The second-order valence-corrected chi connectivity index (χ2v) is 7.05. The molecule has 0 unspecified atom stereocenters. The minimum absolute atomic E-state index is 0.352. The zero-order chi connectivity index (χ0) is 17.4. The van der Waals surface area contributed by atoms with Gasteiger partial charge in [-0.25, -0.2) is 15.0 Å². The van der Waals surface area contributed by atoms with E-state index >= 15 is 0 Å². The summed E-state index contributed by atoms with van der Waals surface area (Å²) in [5.41, 5.74) is 7.50. The van der Waals surface area contributed by atoms with Crippen LogP contribution in [0.1, 0.15) is 30.1 Å². The molecule has 1 saturated heterocycles. The molecule has 3 N–H and O–H groups in total. The van der Waals surface area contributed by atoms with Gasteiger partial charge in [0.2, 0.25) is 0 Å². The van der Waals surface area contributed by atoms with Crippen molar-refractivity contribution in [3.8, 4) is 11.5 Å². The van der Waals surface area contributed by atoms with E-state index in [1.54, 1.807) is 6.33 Å². The van der Waals surface area contributed by atoms with Crippen LogP contribution in [0, 0.1) is 0 Å². The molecular weight excluding hydrogens is 359 g/mol. The molecule has 6 nitrogen and oxygen atoms in total. The smallest absolute Gasteiger partial charge is 0.166 e. The van der Waals surface area contributed by atoms with Crippen LogP contribution in [0.25, 0.3) is 11.5 Å². The third-order valence-corrected chi connectivity index (χ3v) is 5.31. The number of nitrogens with one attached hydrogen (secondary N) is 1. The summed E-state index contributed by atoms with van der Waals surface area (Å²) in [6, 6.07) is 5.47. The number of halogens is 2. The number of hydrogen-bond donors (Lipinski definition) is 2. The zero-order valence-electron chi connectivity index (χ0n) is 13.5. The van der Waals surface area contributed by atoms with Crippen LogP contribution in [0.2, 0.25) is 10.0 Å². The fraction of sp³-hybridized carbons (Fsp3) is 0.353. The predicted octanol–water partition coefficient (Wildman–Crippen LogP) is 3.18. The van der Waals surface area contributed by atoms with Crippen molar-refractivity contribution in [3.63, 3.8) is 0 Å². The van der Waals surface area contributed by atoms with E-state index in [4.69, 9.17) is 33.9 Å². The number of piperidine rings is 1. The lowest BCUT2D eigenvalue weighted by Gasteiger charge is -2.19. The number of aromatic nitrogens is 4. The molecule has 0 atom stereocenters. The maximum atomic E-state index is 6.30. The highest BCUT2D eigenvalue weighted by molar-refractivity contribution is 6.35. The fourth-order valence-electron chi connectivity index (χ4n) is 3.20. The molecule has 0 radical (unpaired) electrons. The highest BCUT2D eigenvalue weighted by Crippen LogP contribution is 2.32. The van der Waals surface area contributed by atoms with Gasteiger partial charge in [-0.1, -0.05) is 29.3 Å². The molecule has 0 amide bonds. The van der Waals surface area contributed by atoms with E-state index in [2.05, 4.69) is 15.3 Å². The van der Waals surface area contributed by atoms with Crippen LogP contribution in [0.3, 0.4) is 0 Å². The van der Waals surface area contributed by atoms with Gasteiger partial charge in [-0.15, -0.1) is 0 Å². The van der Waals surface area contributed by atoms with Crippen molar-refractivity contribution in [1.29, 1.82) is 0 Å². The number of nitrogens with two attached hydrogens (primary N) is 1. The van der Waals surface area contributed by atoms with E-state index in [9.17, 15) is 0 Å². The van der Waals surface area contributed by atoms with Gasteiger partial charge in [0.1, 0.15) is 5.82 Å². The number of fused-ring (bicyclic) bond motifs is 1. The molecule has 4 rings (SSSR count). The summed E-state index contributed by atoms with van der Waals surface area (Å²) in [5, 5.41) is 4.59. The molecule has 1 aromatic carbocycles. The molecule has 1 aromatic rings. The van der Waals surface area contributed by atoms with Crippen molar-refractivity contribution in [1.82, 2.24) is 24.8 Å². The lowest BCUT2D eigenvalue weighted by atomic mass is 9.98. The molecule has 0 saturated carbocycles. The third-order valence-electron chi connectivity index (χ3n) is 4.60. The van der Waals surface area contributed by atoms with E-state index < -0.39 is 0 Å². The van der Waals surface area contributed by atoms with E-state index in [0.717, 1.165) is 43.1 Å². The minimum Gasteiger partial charge on any atom is -0.382 e. The van der Waals surface area contributed by atoms with E-state index in [1.807, 2.05) is 22.8 Å². The maximum absolute atomic E-state index is 6.30. The zero-order valence-corrected chi connectivity index (χ0v) is 15.1. The molecule has 0 aliphatic carbocycles. The number of rotatable bonds is 3. The molecule has 3 aliphatic rings. The van der Waals surface area contributed by atoms with Gasteiger partial charge in [-0.05, 0) is 38.1 Å². The van der Waals surface area contributed by atoms with Crippen molar-refractivity contribution in [2.45, 2.75) is 25.3 Å². The standard InChI is InChI=1S/C17H18Cl2N6/c18-12-2-1-3-13(19)11(12)8-25-9-22-15(20)14-17(25)24-16(23-14)10-4-6-21-7-5-10/h1-3,9-10,21H,4-8,20H2. The average molecular weight is 377 g/mol. The Balaban J connectivity index is 1.74. The molecule has 1 fully saturated rings. The van der Waals surface area contributed by atoms with Crippen molar-refractivity contribution >= 4 is 29.0 Å². The Bertz CT molecular complexity index is 851. The summed E-state index contributed by atoms with van der Waals surface area (Å²) < 4.78 is 1.90. The van der Waals surface area contributed by atoms with E-state index in [0.29, 0.717) is 34.0 Å². The first kappa shape index (κ1) is 16.6. The average Bonchev–Trinajstić information content (AvgIpc) is 3.07. The van der Waals surface area contributed by atoms with Crippen molar-refractivity contribution < 1.29 is 0 Å². The molecule has 25 heavy (non-hydrogen) atoms. The van der Waals surface area contributed by atoms with Crippen LogP contribution in [0.15, 0.2) is 24.5 Å². The number of hydrogen-bond acceptors (Lipinski definition) is 5. The second kappa shape index (κ2) is 6.78. The summed E-state index contributed by atoms with van der Waals surface area (Å²) in [6.07, 6.45) is 3.72. The summed E-state index contributed by atoms with van der Waals surface area (Å²) in [4.78, 5) is 13.7. The predicted molar refractivity (Wildman–Crippen MR) is 99.3 cm³/mol. The van der Waals surface area contributed by atoms with Crippen LogP contribution in [-0.4, -0.2) is 32.6 Å². The first-order chi connectivity index (χ1) is 12.1. The second-order valence-electron chi connectivity index (χ2n) is 6.24. The molecule has 0 aromatic heterocycles. The van der Waals surface area contributed by atoms with E-state index in [1.165, 1.54) is 0 Å². The third kappa shape index (κ3) is 3.17. The van der Waals surface area contributed by atoms with E-state index in [-0.39, 0.29) is 0 Å². The summed E-state index contributed by atoms with van der Waals surface area (Å²) in [5.74, 6) is 2.31. The Morgan fingerprint density at radius 2 is 1.88 bits per heavy atom. The molecule has 3 heterocycles. The summed E-state index contributed by atoms with van der Waals surface area (Å²) in [6.45, 7) is 2.43. The maximum Gasteiger partial charge on any atom is 0.166 e. The fourth-order valence-corrected chi connectivity index (χ4v) is 3.72. The first-order valence-electron chi connectivity index (χ1n) is 8.25. The van der Waals surface area contributed by atoms with Crippen molar-refractivity contribution in [2.24, 2.45) is 0 Å². The largest absolute Gasteiger partial charge is 0.382 e. The van der Waals surface area contributed by atoms with Crippen LogP contribution in [0.5, 0.6) is 0 Å². The molecule has 130 valence electrons. The monoisotopic (exact) mass is 376 g/mol. The number of anilines is 1. The van der Waals surface area contributed by atoms with Crippen molar-refractivity contribution in [3.05, 3.63) is 46.0 Å². The minimum atomic E-state index is 0.352. The van der Waals surface area contributed by atoms with Gasteiger partial charge in [-0.3, -0.25) is 0 Å². The summed E-state index contributed by atoms with van der Waals surface area (Å²) in [7, 11) is 0. The van der Waals surface area contributed by atoms with Gasteiger partial charge >= 0.3 is 0 Å². The molecule has 0 spiro atoms. The van der Waals surface area contributed by atoms with Crippen molar-refractivity contribution in [2.75, 3.05) is 18.8 Å². The highest BCUT2D eigenvalue weighted by atomic mass is 35.5. The number of imidazole rings is 1. The van der Waals surface area contributed by atoms with Gasteiger partial charge in [0, 0.05) is 21.5 Å². The Morgan fingerprint density at radius 1 is 1.16 bits per heavy atom. The van der Waals surface area contributed by atoms with Gasteiger partial charge in [0.25, 0.3) is 0 Å². The number of nitrogen functional groups attached to an aromatic ring is 1. The van der Waals surface area contributed by atoms with Gasteiger partial charge < -0.3 is 15.6 Å². The Hall–Kier alpha value is -1.89. The Morgan fingerprint density at radius 3 is 2.60 bits per heavy atom. The lowest BCUT2D eigenvalue weighted by Crippen LogP contribution is -2.27. The number of benzene rings is 1. The molecular formula is C17H18Cl2N6. The molecule has 3 aliphatic heterocycles. The Kier molecular flexibility index (Phi) is 4.50. The van der Waals surface area contributed by atoms with Crippen LogP contribution in [-0.2, 0) is 6.54 Å². The SMILES string of the molecule is Nc1ncn(Cc2c(Cl)cccc2Cl)c2nc(C3CCNCC3)nc1-2. The Labute approximate surface area is 155 Å². The highest BCUT2D eigenvalue weighted by Gasteiger charge is 2.25. The topological polar surface area (TPSA) is 81.6 Å².